The van der Waals surface area contributed by atoms with Crippen LogP contribution in [0.3, 0.4) is 0 Å². The van der Waals surface area contributed by atoms with E-state index in [4.69, 9.17) is 0 Å². The van der Waals surface area contributed by atoms with E-state index in [2.05, 4.69) is 22.0 Å². The minimum Gasteiger partial charge on any atom is -0.294 e. The van der Waals surface area contributed by atoms with Crippen molar-refractivity contribution in [3.8, 4) is 0 Å². The molecule has 0 saturated carbocycles. The van der Waals surface area contributed by atoms with E-state index in [-0.39, 0.29) is 0 Å². The van der Waals surface area contributed by atoms with Crippen molar-refractivity contribution in [2.45, 2.75) is 25.7 Å². The van der Waals surface area contributed by atoms with Crippen molar-refractivity contribution in [1.29, 1.82) is 0 Å². The topological polar surface area (TPSA) is 17.1 Å². The third kappa shape index (κ3) is 1.68. The van der Waals surface area contributed by atoms with Crippen molar-refractivity contribution in [2.75, 3.05) is 0 Å². The molecule has 1 aromatic carbocycles. The Kier molecular flexibility index (Phi) is 2.49. The number of carbonyl (C=O) groups excluding carboxylic acids is 1. The number of hydrogen-bond acceptors (Lipinski definition) is 1. The summed E-state index contributed by atoms with van der Waals surface area (Å²) in [5, 5.41) is 0. The summed E-state index contributed by atoms with van der Waals surface area (Å²) in [6.07, 6.45) is 3.91. The van der Waals surface area contributed by atoms with E-state index < -0.39 is 0 Å². The predicted molar refractivity (Wildman–Crippen MR) is 56.0 cm³/mol. The third-order valence-electron chi connectivity index (χ3n) is 2.48. The van der Waals surface area contributed by atoms with Gasteiger partial charge in [0, 0.05) is 16.5 Å². The number of aryl methyl sites for hydroxylation is 1. The molecular weight excluding hydrogens is 228 g/mol. The fourth-order valence-electron chi connectivity index (χ4n) is 1.82. The molecule has 0 unspecified atom stereocenters. The van der Waals surface area contributed by atoms with Crippen LogP contribution in [-0.2, 0) is 6.42 Å². The molecular formula is C11H11BrO. The second-order valence-electron chi connectivity index (χ2n) is 3.40. The van der Waals surface area contributed by atoms with Crippen molar-refractivity contribution in [3.63, 3.8) is 0 Å². The molecule has 0 amide bonds. The summed E-state index contributed by atoms with van der Waals surface area (Å²) < 4.78 is 0.955. The normalized spacial score (nSPS) is 16.5. The average molecular weight is 239 g/mol. The van der Waals surface area contributed by atoms with Gasteiger partial charge in [0.05, 0.1) is 0 Å². The van der Waals surface area contributed by atoms with Crippen molar-refractivity contribution in [3.05, 3.63) is 33.8 Å². The van der Waals surface area contributed by atoms with Crippen molar-refractivity contribution < 1.29 is 4.79 Å². The smallest absolute Gasteiger partial charge is 0.164 e. The van der Waals surface area contributed by atoms with Gasteiger partial charge in [0.2, 0.25) is 0 Å². The number of rotatable bonds is 0. The molecule has 2 rings (SSSR count). The van der Waals surface area contributed by atoms with E-state index >= 15 is 0 Å². The van der Waals surface area contributed by atoms with Crippen molar-refractivity contribution in [2.24, 2.45) is 0 Å². The number of fused-ring (bicyclic) bond motifs is 1. The molecule has 1 aliphatic carbocycles. The highest BCUT2D eigenvalue weighted by Gasteiger charge is 2.17. The summed E-state index contributed by atoms with van der Waals surface area (Å²) in [6.45, 7) is 0. The molecule has 0 heterocycles. The number of carbonyl (C=O) groups is 1. The highest BCUT2D eigenvalue weighted by molar-refractivity contribution is 9.10. The van der Waals surface area contributed by atoms with Gasteiger partial charge >= 0.3 is 0 Å². The van der Waals surface area contributed by atoms with Gasteiger partial charge in [-0.15, -0.1) is 0 Å². The molecule has 68 valence electrons. The van der Waals surface area contributed by atoms with E-state index in [1.807, 2.05) is 12.1 Å². The highest BCUT2D eigenvalue weighted by Crippen LogP contribution is 2.26. The van der Waals surface area contributed by atoms with Gasteiger partial charge in [-0.2, -0.15) is 0 Å². The minimum atomic E-state index is 0.292. The molecule has 0 spiro atoms. The van der Waals surface area contributed by atoms with Crippen LogP contribution in [0, 0.1) is 0 Å². The summed E-state index contributed by atoms with van der Waals surface area (Å²) in [6, 6.07) is 6.01. The summed E-state index contributed by atoms with van der Waals surface area (Å²) in [4.78, 5) is 11.7. The van der Waals surface area contributed by atoms with Crippen LogP contribution in [0.5, 0.6) is 0 Å². The maximum Gasteiger partial charge on any atom is 0.164 e. The lowest BCUT2D eigenvalue weighted by Crippen LogP contribution is -2.00. The molecule has 1 nitrogen and oxygen atoms in total. The molecule has 0 atom stereocenters. The van der Waals surface area contributed by atoms with Gasteiger partial charge in [0.25, 0.3) is 0 Å². The third-order valence-corrected chi connectivity index (χ3v) is 3.14. The number of benzene rings is 1. The fourth-order valence-corrected chi connectivity index (χ4v) is 2.44. The minimum absolute atomic E-state index is 0.292. The Morgan fingerprint density at radius 2 is 1.92 bits per heavy atom. The lowest BCUT2D eigenvalue weighted by Gasteiger charge is -2.05. The summed E-state index contributed by atoms with van der Waals surface area (Å²) >= 11 is 3.44. The molecule has 1 aliphatic rings. The van der Waals surface area contributed by atoms with E-state index in [9.17, 15) is 4.79 Å². The number of halogens is 1. The number of hydrogen-bond donors (Lipinski definition) is 0. The molecule has 0 radical (unpaired) electrons. The fraction of sp³-hybridized carbons (Fsp3) is 0.364. The van der Waals surface area contributed by atoms with E-state index in [1.165, 1.54) is 5.56 Å². The molecule has 0 aliphatic heterocycles. The Labute approximate surface area is 86.3 Å². The van der Waals surface area contributed by atoms with Gasteiger partial charge < -0.3 is 0 Å². The number of ketones is 1. The molecule has 1 aromatic rings. The second-order valence-corrected chi connectivity index (χ2v) is 4.26. The lowest BCUT2D eigenvalue weighted by molar-refractivity contribution is 0.0981. The largest absolute Gasteiger partial charge is 0.294 e. The quantitative estimate of drug-likeness (QED) is 0.634. The van der Waals surface area contributed by atoms with Crippen LogP contribution >= 0.6 is 15.9 Å². The Morgan fingerprint density at radius 3 is 2.77 bits per heavy atom. The van der Waals surface area contributed by atoms with Crippen molar-refractivity contribution >= 4 is 21.7 Å². The Balaban J connectivity index is 2.55. The van der Waals surface area contributed by atoms with E-state index in [1.54, 1.807) is 0 Å². The van der Waals surface area contributed by atoms with Gasteiger partial charge in [0.15, 0.2) is 5.78 Å². The zero-order valence-electron chi connectivity index (χ0n) is 7.35. The lowest BCUT2D eigenvalue weighted by atomic mass is 10.0. The molecule has 0 fully saturated rings. The van der Waals surface area contributed by atoms with Crippen LogP contribution < -0.4 is 0 Å². The first-order valence-electron chi connectivity index (χ1n) is 4.59. The van der Waals surface area contributed by atoms with Crippen LogP contribution in [0.2, 0.25) is 0 Å². The van der Waals surface area contributed by atoms with Crippen molar-refractivity contribution in [1.82, 2.24) is 0 Å². The van der Waals surface area contributed by atoms with Gasteiger partial charge in [-0.1, -0.05) is 28.1 Å². The molecule has 0 N–H and O–H groups in total. The average Bonchev–Trinajstić information content (AvgIpc) is 2.29. The zero-order valence-corrected chi connectivity index (χ0v) is 8.93. The first kappa shape index (κ1) is 8.95. The molecule has 13 heavy (non-hydrogen) atoms. The second kappa shape index (κ2) is 3.62. The maximum absolute atomic E-state index is 11.7. The van der Waals surface area contributed by atoms with E-state index in [0.717, 1.165) is 29.3 Å². The van der Waals surface area contributed by atoms with E-state index in [0.29, 0.717) is 12.2 Å². The monoisotopic (exact) mass is 238 g/mol. The Hall–Kier alpha value is -0.630. The van der Waals surface area contributed by atoms with Crippen LogP contribution in [0.4, 0.5) is 0 Å². The molecule has 0 aromatic heterocycles. The maximum atomic E-state index is 11.7. The Morgan fingerprint density at radius 1 is 1.15 bits per heavy atom. The Bertz CT molecular complexity index is 344. The zero-order chi connectivity index (χ0) is 9.26. The highest BCUT2D eigenvalue weighted by atomic mass is 79.9. The summed E-state index contributed by atoms with van der Waals surface area (Å²) in [7, 11) is 0. The molecule has 0 saturated heterocycles. The van der Waals surface area contributed by atoms with Gasteiger partial charge in [0.1, 0.15) is 0 Å². The van der Waals surface area contributed by atoms with Crippen LogP contribution in [0.1, 0.15) is 35.2 Å². The van der Waals surface area contributed by atoms with Crippen LogP contribution in [0.25, 0.3) is 0 Å². The standard InChI is InChI=1S/C11H11BrO/c12-9-6-3-5-8-4-1-2-7-10(13)11(8)9/h3,5-6H,1-2,4,7H2. The van der Waals surface area contributed by atoms with Gasteiger partial charge in [-0.25, -0.2) is 0 Å². The molecule has 0 bridgehead atoms. The van der Waals surface area contributed by atoms with Gasteiger partial charge in [-0.05, 0) is 30.9 Å². The number of Topliss-reactive ketones (excluding diaryl/α,β-unsaturated/α-hetero) is 1. The van der Waals surface area contributed by atoms with Crippen LogP contribution in [-0.4, -0.2) is 5.78 Å². The summed E-state index contributed by atoms with van der Waals surface area (Å²) in [5.41, 5.74) is 2.12. The first-order chi connectivity index (χ1) is 6.29. The summed E-state index contributed by atoms with van der Waals surface area (Å²) in [5.74, 6) is 0.292. The molecule has 2 heteroatoms. The van der Waals surface area contributed by atoms with Gasteiger partial charge in [-0.3, -0.25) is 4.79 Å². The predicted octanol–water partition coefficient (Wildman–Crippen LogP) is 3.36. The SMILES string of the molecule is O=C1CCCCc2cccc(Br)c21. The first-order valence-corrected chi connectivity index (χ1v) is 5.39. The van der Waals surface area contributed by atoms with Crippen LogP contribution in [0.15, 0.2) is 22.7 Å².